The van der Waals surface area contributed by atoms with Gasteiger partial charge < -0.3 is 4.42 Å². The third-order valence-corrected chi connectivity index (χ3v) is 10.8. The standard InChI is InChI=1S/C45H29N3O/c1-45(2)34-20-10-7-17-31(34)37-29-15-5-6-16-30(29)38-32-18-8-11-21-35(32)48(42(38)40(37)45)44-46-41(28-24-23-26-13-3-4-14-27(26)25-28)39-33-19-9-12-22-36(33)49-43(39)47-44/h3-25H,1-2H3. The highest BCUT2D eigenvalue weighted by Crippen LogP contribution is 2.56. The first-order chi connectivity index (χ1) is 24.1. The van der Waals surface area contributed by atoms with Crippen LogP contribution in [0.4, 0.5) is 0 Å². The topological polar surface area (TPSA) is 43.9 Å². The molecule has 0 radical (unpaired) electrons. The maximum Gasteiger partial charge on any atom is 0.238 e. The number of nitrogens with zero attached hydrogens (tertiary/aromatic N) is 3. The lowest BCUT2D eigenvalue weighted by atomic mass is 9.80. The van der Waals surface area contributed by atoms with Crippen LogP contribution in [0.15, 0.2) is 144 Å². The van der Waals surface area contributed by atoms with E-state index in [-0.39, 0.29) is 5.41 Å². The Labute approximate surface area is 281 Å². The Kier molecular flexibility index (Phi) is 5.15. The largest absolute Gasteiger partial charge is 0.437 e. The fourth-order valence-corrected chi connectivity index (χ4v) is 8.66. The van der Waals surface area contributed by atoms with Crippen LogP contribution in [-0.4, -0.2) is 14.5 Å². The highest BCUT2D eigenvalue weighted by atomic mass is 16.3. The molecular formula is C45H29N3O. The Morgan fingerprint density at radius 3 is 2.16 bits per heavy atom. The van der Waals surface area contributed by atoms with Crippen molar-refractivity contribution in [2.45, 2.75) is 19.3 Å². The predicted molar refractivity (Wildman–Crippen MR) is 202 cm³/mol. The minimum atomic E-state index is -0.259. The minimum absolute atomic E-state index is 0.259. The van der Waals surface area contributed by atoms with Crippen LogP contribution >= 0.6 is 0 Å². The van der Waals surface area contributed by atoms with Gasteiger partial charge in [0.15, 0.2) is 0 Å². The normalized spacial score (nSPS) is 13.7. The van der Waals surface area contributed by atoms with Crippen molar-refractivity contribution in [3.8, 4) is 28.3 Å². The van der Waals surface area contributed by atoms with Crippen molar-refractivity contribution < 1.29 is 4.42 Å². The van der Waals surface area contributed by atoms with Crippen LogP contribution in [0.3, 0.4) is 0 Å². The molecule has 0 bridgehead atoms. The van der Waals surface area contributed by atoms with E-state index in [1.54, 1.807) is 0 Å². The summed E-state index contributed by atoms with van der Waals surface area (Å²) in [7, 11) is 0. The monoisotopic (exact) mass is 627 g/mol. The summed E-state index contributed by atoms with van der Waals surface area (Å²) in [6, 6.07) is 49.7. The van der Waals surface area contributed by atoms with Crippen LogP contribution in [0.2, 0.25) is 0 Å². The van der Waals surface area contributed by atoms with E-state index < -0.39 is 0 Å². The highest BCUT2D eigenvalue weighted by Gasteiger charge is 2.40. The molecule has 0 fully saturated rings. The van der Waals surface area contributed by atoms with Crippen LogP contribution in [-0.2, 0) is 5.41 Å². The van der Waals surface area contributed by atoms with Crippen molar-refractivity contribution in [3.05, 3.63) is 151 Å². The van der Waals surface area contributed by atoms with Gasteiger partial charge in [0.2, 0.25) is 11.7 Å². The van der Waals surface area contributed by atoms with E-state index in [1.165, 1.54) is 54.6 Å². The Morgan fingerprint density at radius 2 is 1.29 bits per heavy atom. The minimum Gasteiger partial charge on any atom is -0.437 e. The summed E-state index contributed by atoms with van der Waals surface area (Å²) < 4.78 is 8.86. The molecule has 0 N–H and O–H groups in total. The molecule has 1 aliphatic rings. The van der Waals surface area contributed by atoms with Crippen LogP contribution < -0.4 is 0 Å². The molecule has 0 spiro atoms. The Hall–Kier alpha value is -6.26. The molecule has 0 saturated carbocycles. The van der Waals surface area contributed by atoms with Crippen LogP contribution in [0.1, 0.15) is 25.0 Å². The average Bonchev–Trinajstić information content (AvgIpc) is 3.77. The lowest BCUT2D eigenvalue weighted by Gasteiger charge is -2.24. The van der Waals surface area contributed by atoms with Crippen molar-refractivity contribution in [2.75, 3.05) is 0 Å². The van der Waals surface area contributed by atoms with E-state index in [1.807, 2.05) is 12.1 Å². The quantitative estimate of drug-likeness (QED) is 0.192. The average molecular weight is 628 g/mol. The zero-order valence-corrected chi connectivity index (χ0v) is 27.0. The van der Waals surface area contributed by atoms with Gasteiger partial charge in [-0.3, -0.25) is 4.57 Å². The van der Waals surface area contributed by atoms with Gasteiger partial charge in [-0.25, -0.2) is 4.98 Å². The van der Waals surface area contributed by atoms with Crippen molar-refractivity contribution in [1.82, 2.24) is 14.5 Å². The van der Waals surface area contributed by atoms with Gasteiger partial charge in [-0.05, 0) is 62.0 Å². The molecule has 230 valence electrons. The summed E-state index contributed by atoms with van der Waals surface area (Å²) in [4.78, 5) is 10.8. The van der Waals surface area contributed by atoms with E-state index >= 15 is 0 Å². The van der Waals surface area contributed by atoms with E-state index in [4.69, 9.17) is 14.4 Å². The summed E-state index contributed by atoms with van der Waals surface area (Å²) >= 11 is 0. The van der Waals surface area contributed by atoms with Gasteiger partial charge in [-0.1, -0.05) is 135 Å². The molecule has 11 rings (SSSR count). The number of benzene rings is 7. The van der Waals surface area contributed by atoms with Gasteiger partial charge in [0, 0.05) is 27.1 Å². The van der Waals surface area contributed by atoms with Gasteiger partial charge in [0.05, 0.1) is 22.1 Å². The highest BCUT2D eigenvalue weighted by molar-refractivity contribution is 6.27. The molecule has 3 heterocycles. The molecule has 4 heteroatoms. The molecule has 1 aliphatic carbocycles. The number of hydrogen-bond acceptors (Lipinski definition) is 3. The SMILES string of the molecule is CC1(C)c2ccccc2-c2c1c1c(c3ccccc23)c2ccccc2n1-c1nc(-c2ccc3ccccc3c2)c2c(n1)oc1ccccc12. The molecule has 49 heavy (non-hydrogen) atoms. The second kappa shape index (κ2) is 9.42. The summed E-state index contributed by atoms with van der Waals surface area (Å²) in [6.45, 7) is 4.72. The van der Waals surface area contributed by atoms with Crippen LogP contribution in [0, 0.1) is 0 Å². The van der Waals surface area contributed by atoms with Crippen LogP contribution in [0.5, 0.6) is 0 Å². The number of para-hydroxylation sites is 2. The van der Waals surface area contributed by atoms with Crippen molar-refractivity contribution in [1.29, 1.82) is 0 Å². The maximum absolute atomic E-state index is 6.55. The predicted octanol–water partition coefficient (Wildman–Crippen LogP) is 11.8. The summed E-state index contributed by atoms with van der Waals surface area (Å²) in [5.41, 5.74) is 10.5. The van der Waals surface area contributed by atoms with Gasteiger partial charge in [-0.2, -0.15) is 4.98 Å². The number of aromatic nitrogens is 3. The fourth-order valence-electron chi connectivity index (χ4n) is 8.66. The van der Waals surface area contributed by atoms with E-state index in [2.05, 4.69) is 146 Å². The molecule has 0 saturated heterocycles. The van der Waals surface area contributed by atoms with Gasteiger partial charge in [-0.15, -0.1) is 0 Å². The first-order valence-corrected chi connectivity index (χ1v) is 16.8. The molecular weight excluding hydrogens is 599 g/mol. The second-order valence-corrected chi connectivity index (χ2v) is 13.8. The summed E-state index contributed by atoms with van der Waals surface area (Å²) in [5.74, 6) is 0.602. The Bertz CT molecular complexity index is 3030. The number of rotatable bonds is 2. The van der Waals surface area contributed by atoms with Crippen molar-refractivity contribution in [2.24, 2.45) is 0 Å². The summed E-state index contributed by atoms with van der Waals surface area (Å²) in [5, 5.41) is 9.23. The third-order valence-electron chi connectivity index (χ3n) is 10.8. The molecule has 0 aliphatic heterocycles. The van der Waals surface area contributed by atoms with Crippen LogP contribution in [0.25, 0.3) is 93.8 Å². The summed E-state index contributed by atoms with van der Waals surface area (Å²) in [6.07, 6.45) is 0. The lowest BCUT2D eigenvalue weighted by Crippen LogP contribution is -2.17. The Morgan fingerprint density at radius 1 is 0.592 bits per heavy atom. The molecule has 4 nitrogen and oxygen atoms in total. The van der Waals surface area contributed by atoms with E-state index in [9.17, 15) is 0 Å². The maximum atomic E-state index is 6.55. The van der Waals surface area contributed by atoms with Gasteiger partial charge in [0.25, 0.3) is 0 Å². The number of fused-ring (bicyclic) bond motifs is 14. The fraction of sp³-hybridized carbons (Fsp3) is 0.0667. The van der Waals surface area contributed by atoms with Gasteiger partial charge in [0.1, 0.15) is 5.58 Å². The third kappa shape index (κ3) is 3.47. The lowest BCUT2D eigenvalue weighted by molar-refractivity contribution is 0.650. The number of hydrogen-bond donors (Lipinski definition) is 0. The molecule has 3 aromatic heterocycles. The zero-order chi connectivity index (χ0) is 32.4. The first-order valence-electron chi connectivity index (χ1n) is 16.8. The molecule has 0 unspecified atom stereocenters. The molecule has 0 atom stereocenters. The van der Waals surface area contributed by atoms with E-state index in [0.717, 1.165) is 38.6 Å². The zero-order valence-electron chi connectivity index (χ0n) is 27.0. The Balaban J connectivity index is 1.34. The second-order valence-electron chi connectivity index (χ2n) is 13.8. The molecule has 10 aromatic rings. The van der Waals surface area contributed by atoms with Crippen molar-refractivity contribution >= 4 is 65.4 Å². The van der Waals surface area contributed by atoms with Crippen molar-refractivity contribution in [3.63, 3.8) is 0 Å². The number of furan rings is 1. The first kappa shape index (κ1) is 26.8. The van der Waals surface area contributed by atoms with Gasteiger partial charge >= 0.3 is 0 Å². The van der Waals surface area contributed by atoms with E-state index in [0.29, 0.717) is 11.7 Å². The molecule has 0 amide bonds. The smallest absolute Gasteiger partial charge is 0.238 e. The molecule has 7 aromatic carbocycles.